The summed E-state index contributed by atoms with van der Waals surface area (Å²) in [7, 11) is 0. The van der Waals surface area contributed by atoms with E-state index in [9.17, 15) is 0 Å². The second-order valence-electron chi connectivity index (χ2n) is 14.0. The average molecular weight is 609 g/mol. The van der Waals surface area contributed by atoms with Crippen molar-refractivity contribution in [2.24, 2.45) is 32.7 Å². The van der Waals surface area contributed by atoms with E-state index in [2.05, 4.69) is 151 Å². The molecule has 0 bridgehead atoms. The second kappa shape index (κ2) is 18.0. The van der Waals surface area contributed by atoms with E-state index in [0.717, 1.165) is 12.1 Å². The highest BCUT2D eigenvalue weighted by molar-refractivity contribution is 6.03. The summed E-state index contributed by atoms with van der Waals surface area (Å²) in [4.78, 5) is 8.68. The first-order valence-corrected chi connectivity index (χ1v) is 17.3. The van der Waals surface area contributed by atoms with E-state index in [1.165, 1.54) is 33.6 Å². The molecule has 1 aromatic carbocycles. The predicted octanol–water partition coefficient (Wildman–Crippen LogP) is 13.1. The van der Waals surface area contributed by atoms with E-state index < -0.39 is 0 Å². The molecule has 2 aliphatic heterocycles. The predicted molar refractivity (Wildman–Crippen MR) is 205 cm³/mol. The van der Waals surface area contributed by atoms with Crippen molar-refractivity contribution in [1.29, 1.82) is 0 Å². The highest BCUT2D eigenvalue weighted by Gasteiger charge is 2.23. The van der Waals surface area contributed by atoms with Gasteiger partial charge in [-0.05, 0) is 56.2 Å². The average Bonchev–Trinajstić information content (AvgIpc) is 3.79. The fourth-order valence-corrected chi connectivity index (χ4v) is 4.91. The van der Waals surface area contributed by atoms with Crippen molar-refractivity contribution in [2.75, 3.05) is 0 Å². The van der Waals surface area contributed by atoms with Crippen LogP contribution in [0.25, 0.3) is 0 Å². The Morgan fingerprint density at radius 3 is 1.91 bits per heavy atom. The molecule has 6 rings (SSSR count). The molecule has 0 aromatic heterocycles. The number of nitrogens with zero attached hydrogens (tertiary/aromatic N) is 2. The molecule has 2 nitrogen and oxygen atoms in total. The lowest BCUT2D eigenvalue weighted by Gasteiger charge is -2.25. The number of fused-ring (bicyclic) bond motifs is 3. The zero-order chi connectivity index (χ0) is 34.4. The lowest BCUT2D eigenvalue weighted by Crippen LogP contribution is -2.15. The zero-order valence-electron chi connectivity index (χ0n) is 31.4. The molecule has 3 aliphatic carbocycles. The van der Waals surface area contributed by atoms with Gasteiger partial charge in [-0.1, -0.05) is 171 Å². The summed E-state index contributed by atoms with van der Waals surface area (Å²) in [5.74, 6) is 0.977. The Bertz CT molecular complexity index is 1360. The van der Waals surface area contributed by atoms with E-state index in [0.29, 0.717) is 11.8 Å². The SMILES string of the molecule is CC.CC.CC.CC(C)(C)C1=CC2=NC=CC2C=C1.CC(C)(C)C1=CC2C=CC=C2C=C1.CC(C)(C)c1ccc2c(c1)N=CC2. The van der Waals surface area contributed by atoms with Gasteiger partial charge in [0.15, 0.2) is 0 Å². The molecule has 0 N–H and O–H groups in total. The van der Waals surface area contributed by atoms with Crippen LogP contribution in [0.4, 0.5) is 5.69 Å². The highest BCUT2D eigenvalue weighted by Crippen LogP contribution is 2.35. The van der Waals surface area contributed by atoms with Crippen LogP contribution in [0.2, 0.25) is 0 Å². The molecule has 0 radical (unpaired) electrons. The topological polar surface area (TPSA) is 24.7 Å². The maximum atomic E-state index is 4.35. The molecule has 1 aromatic rings. The van der Waals surface area contributed by atoms with Gasteiger partial charge in [-0.15, -0.1) is 0 Å². The molecular weight excluding hydrogens is 544 g/mol. The van der Waals surface area contributed by atoms with Crippen LogP contribution in [0.15, 0.2) is 112 Å². The van der Waals surface area contributed by atoms with Crippen molar-refractivity contribution < 1.29 is 0 Å². The van der Waals surface area contributed by atoms with Gasteiger partial charge in [0, 0.05) is 30.7 Å². The minimum absolute atomic E-state index is 0.229. The van der Waals surface area contributed by atoms with Crippen molar-refractivity contribution in [1.82, 2.24) is 0 Å². The van der Waals surface area contributed by atoms with Crippen LogP contribution >= 0.6 is 0 Å². The largest absolute Gasteiger partial charge is 0.261 e. The number of hydrogen-bond donors (Lipinski definition) is 0. The molecule has 246 valence electrons. The van der Waals surface area contributed by atoms with Crippen molar-refractivity contribution in [3.05, 3.63) is 113 Å². The van der Waals surface area contributed by atoms with Gasteiger partial charge in [0.1, 0.15) is 0 Å². The van der Waals surface area contributed by atoms with Crippen LogP contribution in [0.3, 0.4) is 0 Å². The van der Waals surface area contributed by atoms with Crippen LogP contribution < -0.4 is 0 Å². The van der Waals surface area contributed by atoms with Crippen molar-refractivity contribution in [2.45, 2.75) is 116 Å². The third-order valence-electron chi connectivity index (χ3n) is 7.68. The van der Waals surface area contributed by atoms with E-state index in [1.807, 2.05) is 54.0 Å². The van der Waals surface area contributed by atoms with Gasteiger partial charge in [-0.2, -0.15) is 0 Å². The fourth-order valence-electron chi connectivity index (χ4n) is 4.91. The Kier molecular flexibility index (Phi) is 15.9. The van der Waals surface area contributed by atoms with Crippen LogP contribution in [-0.4, -0.2) is 11.9 Å². The lowest BCUT2D eigenvalue weighted by atomic mass is 9.80. The minimum Gasteiger partial charge on any atom is -0.261 e. The van der Waals surface area contributed by atoms with Gasteiger partial charge in [-0.3, -0.25) is 9.98 Å². The molecule has 2 unspecified atom stereocenters. The minimum atomic E-state index is 0.229. The normalized spacial score (nSPS) is 19.4. The molecule has 0 fully saturated rings. The van der Waals surface area contributed by atoms with Crippen molar-refractivity contribution in [3.63, 3.8) is 0 Å². The lowest BCUT2D eigenvalue weighted by molar-refractivity contribution is 0.512. The Morgan fingerprint density at radius 2 is 1.31 bits per heavy atom. The van der Waals surface area contributed by atoms with E-state index >= 15 is 0 Å². The standard InChI is InChI=1S/C13H16.2C12H15N.3C2H6/c1-13(2,3)12-8-7-10-5-4-6-11(10)9-12;2*1-12(2,3)10-5-4-9-6-7-13-11(9)8-10;3*1-2/h4-9,11H,1-3H3;4-5,7-8H,6H2,1-3H3;4-9H,1-3H3;3*1-2H3. The fraction of sp³-hybridized carbons (Fsp3) is 0.488. The van der Waals surface area contributed by atoms with E-state index in [4.69, 9.17) is 0 Å². The van der Waals surface area contributed by atoms with Gasteiger partial charge in [0.05, 0.1) is 11.4 Å². The first-order valence-electron chi connectivity index (χ1n) is 17.3. The van der Waals surface area contributed by atoms with Gasteiger partial charge >= 0.3 is 0 Å². The summed E-state index contributed by atoms with van der Waals surface area (Å²) in [6, 6.07) is 6.62. The van der Waals surface area contributed by atoms with Crippen LogP contribution in [0.5, 0.6) is 0 Å². The third-order valence-corrected chi connectivity index (χ3v) is 7.68. The molecule has 0 saturated carbocycles. The molecule has 2 atom stereocenters. The summed E-state index contributed by atoms with van der Waals surface area (Å²) in [5.41, 5.74) is 10.0. The monoisotopic (exact) mass is 609 g/mol. The number of hydrogen-bond acceptors (Lipinski definition) is 2. The quantitative estimate of drug-likeness (QED) is 0.280. The summed E-state index contributed by atoms with van der Waals surface area (Å²) >= 11 is 0. The molecular formula is C43H64N2. The number of rotatable bonds is 0. The van der Waals surface area contributed by atoms with Gasteiger partial charge in [-0.25, -0.2) is 0 Å². The zero-order valence-corrected chi connectivity index (χ0v) is 31.4. The summed E-state index contributed by atoms with van der Waals surface area (Å²) < 4.78 is 0. The summed E-state index contributed by atoms with van der Waals surface area (Å²) in [6.45, 7) is 32.2. The van der Waals surface area contributed by atoms with Crippen LogP contribution in [0.1, 0.15) is 115 Å². The Morgan fingerprint density at radius 1 is 0.667 bits per heavy atom. The Labute approximate surface area is 278 Å². The number of aliphatic imine (C=N–C) groups is 2. The first kappa shape index (κ1) is 39.8. The van der Waals surface area contributed by atoms with Gasteiger partial charge in [0.25, 0.3) is 0 Å². The van der Waals surface area contributed by atoms with Gasteiger partial charge in [0.2, 0.25) is 0 Å². The molecule has 45 heavy (non-hydrogen) atoms. The van der Waals surface area contributed by atoms with Crippen molar-refractivity contribution >= 4 is 17.6 Å². The Balaban J connectivity index is 0.000000311. The smallest absolute Gasteiger partial charge is 0.0664 e. The third kappa shape index (κ3) is 11.9. The van der Waals surface area contributed by atoms with Crippen LogP contribution in [0, 0.1) is 22.7 Å². The number of benzene rings is 1. The summed E-state index contributed by atoms with van der Waals surface area (Å²) in [5, 5.41) is 0. The molecule has 5 aliphatic rings. The maximum absolute atomic E-state index is 4.35. The second-order valence-corrected chi connectivity index (χ2v) is 14.0. The molecule has 2 heteroatoms. The van der Waals surface area contributed by atoms with E-state index in [-0.39, 0.29) is 16.2 Å². The Hall–Kier alpha value is -3.26. The maximum Gasteiger partial charge on any atom is 0.0664 e. The first-order chi connectivity index (χ1) is 21.2. The summed E-state index contributed by atoms with van der Waals surface area (Å²) in [6.07, 6.45) is 27.1. The van der Waals surface area contributed by atoms with Crippen LogP contribution in [-0.2, 0) is 11.8 Å². The molecule has 0 saturated heterocycles. The van der Waals surface area contributed by atoms with Crippen molar-refractivity contribution in [3.8, 4) is 0 Å². The highest BCUT2D eigenvalue weighted by atomic mass is 14.7. The number of allylic oxidation sites excluding steroid dienone is 13. The molecule has 2 heterocycles. The molecule has 0 spiro atoms. The van der Waals surface area contributed by atoms with E-state index in [1.54, 1.807) is 0 Å². The molecule has 0 amide bonds. The van der Waals surface area contributed by atoms with Gasteiger partial charge < -0.3 is 0 Å².